The van der Waals surface area contributed by atoms with E-state index in [0.717, 1.165) is 18.9 Å². The minimum Gasteiger partial charge on any atom is -0.396 e. The Morgan fingerprint density at radius 2 is 2.11 bits per heavy atom. The van der Waals surface area contributed by atoms with Gasteiger partial charge < -0.3 is 11.1 Å². The monoisotopic (exact) mass is 272 g/mol. The molecule has 1 aliphatic carbocycles. The molecule has 0 unspecified atom stereocenters. The molecular formula is C11H13FN2O3S. The Bertz CT molecular complexity index is 582. The summed E-state index contributed by atoms with van der Waals surface area (Å²) >= 11 is 0. The van der Waals surface area contributed by atoms with Gasteiger partial charge in [-0.15, -0.1) is 0 Å². The second-order valence-corrected chi connectivity index (χ2v) is 6.27. The van der Waals surface area contributed by atoms with E-state index >= 15 is 0 Å². The molecule has 0 spiro atoms. The third-order valence-electron chi connectivity index (χ3n) is 2.59. The van der Waals surface area contributed by atoms with E-state index in [1.807, 2.05) is 0 Å². The fourth-order valence-electron chi connectivity index (χ4n) is 1.45. The molecule has 1 saturated carbocycles. The minimum atomic E-state index is -3.82. The molecule has 3 N–H and O–H groups in total. The highest BCUT2D eigenvalue weighted by atomic mass is 32.2. The number of rotatable bonds is 4. The molecule has 1 aromatic carbocycles. The number of amides is 1. The first-order chi connectivity index (χ1) is 8.38. The zero-order valence-corrected chi connectivity index (χ0v) is 10.3. The van der Waals surface area contributed by atoms with Crippen LogP contribution < -0.4 is 11.1 Å². The molecule has 0 bridgehead atoms. The van der Waals surface area contributed by atoms with Crippen LogP contribution in [0.3, 0.4) is 0 Å². The van der Waals surface area contributed by atoms with Crippen molar-refractivity contribution in [3.63, 3.8) is 0 Å². The topological polar surface area (TPSA) is 89.3 Å². The zero-order valence-electron chi connectivity index (χ0n) is 9.52. The predicted octanol–water partition coefficient (Wildman–Crippen LogP) is 0.460. The number of benzene rings is 1. The molecule has 5 nitrogen and oxygen atoms in total. The molecule has 7 heteroatoms. The van der Waals surface area contributed by atoms with Crippen LogP contribution in [0.1, 0.15) is 12.8 Å². The number of anilines is 1. The highest BCUT2D eigenvalue weighted by Gasteiger charge is 2.26. The van der Waals surface area contributed by atoms with Crippen LogP contribution in [0.25, 0.3) is 0 Å². The first-order valence-corrected chi connectivity index (χ1v) is 7.11. The van der Waals surface area contributed by atoms with E-state index in [-0.39, 0.29) is 16.6 Å². The number of nitrogen functional groups attached to an aromatic ring is 1. The van der Waals surface area contributed by atoms with Crippen molar-refractivity contribution < 1.29 is 17.6 Å². The first kappa shape index (κ1) is 12.8. The number of nitrogens with two attached hydrogens (primary N) is 1. The van der Waals surface area contributed by atoms with Crippen molar-refractivity contribution in [3.8, 4) is 0 Å². The lowest BCUT2D eigenvalue weighted by atomic mass is 10.3. The minimum absolute atomic E-state index is 0.0934. The Hall–Kier alpha value is -1.63. The van der Waals surface area contributed by atoms with Gasteiger partial charge in [-0.2, -0.15) is 0 Å². The van der Waals surface area contributed by atoms with E-state index < -0.39 is 27.3 Å². The number of carbonyl (C=O) groups excluding carboxylic acids is 1. The fourth-order valence-corrected chi connectivity index (χ4v) is 2.61. The van der Waals surface area contributed by atoms with Crippen molar-refractivity contribution in [2.75, 3.05) is 11.5 Å². The summed E-state index contributed by atoms with van der Waals surface area (Å²) in [5, 5.41) is 2.57. The smallest absolute Gasteiger partial charge is 0.235 e. The number of nitrogens with one attached hydrogen (secondary N) is 1. The van der Waals surface area contributed by atoms with Gasteiger partial charge in [-0.05, 0) is 31.0 Å². The lowest BCUT2D eigenvalue weighted by Crippen LogP contribution is -2.31. The Morgan fingerprint density at radius 1 is 1.44 bits per heavy atom. The molecule has 1 aromatic rings. The van der Waals surface area contributed by atoms with E-state index in [9.17, 15) is 17.6 Å². The zero-order chi connectivity index (χ0) is 13.3. The van der Waals surface area contributed by atoms with E-state index in [1.165, 1.54) is 12.1 Å². The van der Waals surface area contributed by atoms with Crippen molar-refractivity contribution in [3.05, 3.63) is 24.0 Å². The Kier molecular flexibility index (Phi) is 3.25. The summed E-state index contributed by atoms with van der Waals surface area (Å²) < 4.78 is 36.9. The molecule has 0 aromatic heterocycles. The van der Waals surface area contributed by atoms with Crippen molar-refractivity contribution in [2.45, 2.75) is 23.8 Å². The van der Waals surface area contributed by atoms with Gasteiger partial charge in [-0.1, -0.05) is 0 Å². The van der Waals surface area contributed by atoms with E-state index in [4.69, 9.17) is 5.73 Å². The highest BCUT2D eigenvalue weighted by Crippen LogP contribution is 2.20. The summed E-state index contributed by atoms with van der Waals surface area (Å²) in [6.07, 6.45) is 1.75. The quantitative estimate of drug-likeness (QED) is 0.779. The molecule has 1 fully saturated rings. The molecule has 1 aliphatic rings. The fraction of sp³-hybridized carbons (Fsp3) is 0.364. The first-order valence-electron chi connectivity index (χ1n) is 5.45. The molecule has 0 atom stereocenters. The number of carbonyl (C=O) groups is 1. The average molecular weight is 272 g/mol. The van der Waals surface area contributed by atoms with Gasteiger partial charge in [-0.3, -0.25) is 4.79 Å². The summed E-state index contributed by atoms with van der Waals surface area (Å²) in [6.45, 7) is 0. The summed E-state index contributed by atoms with van der Waals surface area (Å²) in [6, 6.07) is 3.28. The Labute approximate surface area is 104 Å². The van der Waals surface area contributed by atoms with Crippen LogP contribution in [0.15, 0.2) is 23.1 Å². The lowest BCUT2D eigenvalue weighted by Gasteiger charge is -2.06. The van der Waals surface area contributed by atoms with Crippen LogP contribution in [-0.2, 0) is 14.6 Å². The Balaban J connectivity index is 2.13. The van der Waals surface area contributed by atoms with Crippen LogP contribution in [0.2, 0.25) is 0 Å². The van der Waals surface area contributed by atoms with Crippen molar-refractivity contribution >= 4 is 21.4 Å². The van der Waals surface area contributed by atoms with Gasteiger partial charge >= 0.3 is 0 Å². The maximum atomic E-state index is 13.2. The van der Waals surface area contributed by atoms with Crippen molar-refractivity contribution in [1.82, 2.24) is 5.32 Å². The van der Waals surface area contributed by atoms with Crippen LogP contribution in [0, 0.1) is 5.82 Å². The third-order valence-corrected chi connectivity index (χ3v) is 4.21. The van der Waals surface area contributed by atoms with E-state index in [0.29, 0.717) is 0 Å². The predicted molar refractivity (Wildman–Crippen MR) is 64.0 cm³/mol. The molecule has 0 aliphatic heterocycles. The second kappa shape index (κ2) is 4.56. The van der Waals surface area contributed by atoms with Gasteiger partial charge in [0.25, 0.3) is 0 Å². The van der Waals surface area contributed by atoms with Crippen LogP contribution >= 0.6 is 0 Å². The maximum Gasteiger partial charge on any atom is 0.235 e. The van der Waals surface area contributed by atoms with Crippen LogP contribution in [0.4, 0.5) is 10.1 Å². The standard InChI is InChI=1S/C11H13FN2O3S/c12-9-5-8(3-4-10(9)13)18(16,17)6-11(15)14-7-1-2-7/h3-5,7H,1-2,6,13H2,(H,14,15). The SMILES string of the molecule is Nc1ccc(S(=O)(=O)CC(=O)NC2CC2)cc1F. The molecule has 0 saturated heterocycles. The van der Waals surface area contributed by atoms with Gasteiger partial charge in [0, 0.05) is 6.04 Å². The van der Waals surface area contributed by atoms with Crippen molar-refractivity contribution in [1.29, 1.82) is 0 Å². The summed E-state index contributed by atoms with van der Waals surface area (Å²) in [5.74, 6) is -2.04. The van der Waals surface area contributed by atoms with Crippen LogP contribution in [0.5, 0.6) is 0 Å². The molecular weight excluding hydrogens is 259 g/mol. The largest absolute Gasteiger partial charge is 0.396 e. The van der Waals surface area contributed by atoms with Crippen LogP contribution in [-0.4, -0.2) is 26.1 Å². The number of halogens is 1. The van der Waals surface area contributed by atoms with Gasteiger partial charge in [0.05, 0.1) is 10.6 Å². The van der Waals surface area contributed by atoms with E-state index in [2.05, 4.69) is 5.32 Å². The molecule has 0 radical (unpaired) electrons. The molecule has 0 heterocycles. The summed E-state index contributed by atoms with van der Waals surface area (Å²) in [7, 11) is -3.82. The second-order valence-electron chi connectivity index (χ2n) is 4.28. The molecule has 18 heavy (non-hydrogen) atoms. The van der Waals surface area contributed by atoms with Gasteiger partial charge in [0.2, 0.25) is 5.91 Å². The lowest BCUT2D eigenvalue weighted by molar-refractivity contribution is -0.118. The van der Waals surface area contributed by atoms with Crippen molar-refractivity contribution in [2.24, 2.45) is 0 Å². The van der Waals surface area contributed by atoms with E-state index in [1.54, 1.807) is 0 Å². The summed E-state index contributed by atoms with van der Waals surface area (Å²) in [5.41, 5.74) is 5.13. The average Bonchev–Trinajstić information content (AvgIpc) is 3.04. The third kappa shape index (κ3) is 2.98. The number of hydrogen-bond donors (Lipinski definition) is 2. The molecule has 98 valence electrons. The van der Waals surface area contributed by atoms with Gasteiger partial charge in [0.15, 0.2) is 9.84 Å². The maximum absolute atomic E-state index is 13.2. The number of sulfone groups is 1. The normalized spacial score (nSPS) is 15.4. The number of hydrogen-bond acceptors (Lipinski definition) is 4. The van der Waals surface area contributed by atoms with Gasteiger partial charge in [0.1, 0.15) is 11.6 Å². The Morgan fingerprint density at radius 3 is 2.67 bits per heavy atom. The molecule has 2 rings (SSSR count). The molecule has 1 amide bonds. The summed E-state index contributed by atoms with van der Waals surface area (Å²) in [4.78, 5) is 11.2. The highest BCUT2D eigenvalue weighted by molar-refractivity contribution is 7.92. The van der Waals surface area contributed by atoms with Gasteiger partial charge in [-0.25, -0.2) is 12.8 Å².